The van der Waals surface area contributed by atoms with E-state index in [0.29, 0.717) is 11.7 Å². The molecule has 0 radical (unpaired) electrons. The summed E-state index contributed by atoms with van der Waals surface area (Å²) in [5, 5.41) is 19.7. The number of carbonyl (C=O) groups is 1. The number of amides is 1. The smallest absolute Gasteiger partial charge is 0.243 e. The maximum atomic E-state index is 12.4. The van der Waals surface area contributed by atoms with Crippen LogP contribution in [0.4, 0.5) is 5.13 Å². The minimum Gasteiger partial charge on any atom is -0.299 e. The van der Waals surface area contributed by atoms with Gasteiger partial charge in [-0.3, -0.25) is 20.1 Å². The number of aromatic nitrogens is 4. The zero-order chi connectivity index (χ0) is 17.9. The highest BCUT2D eigenvalue weighted by atomic mass is 32.1. The van der Waals surface area contributed by atoms with Crippen molar-refractivity contribution in [2.24, 2.45) is 0 Å². The van der Waals surface area contributed by atoms with E-state index in [0.717, 1.165) is 22.8 Å². The van der Waals surface area contributed by atoms with Crippen LogP contribution in [-0.2, 0) is 23.2 Å². The molecule has 1 atom stereocenters. The first-order valence-electron chi connectivity index (χ1n) is 8.09. The Balaban J connectivity index is 1.94. The van der Waals surface area contributed by atoms with Gasteiger partial charge in [0.2, 0.25) is 11.0 Å². The van der Waals surface area contributed by atoms with Crippen LogP contribution in [0.5, 0.6) is 0 Å². The third-order valence-electron chi connectivity index (χ3n) is 3.86. The fourth-order valence-corrected chi connectivity index (χ4v) is 2.77. The molecule has 2 aromatic rings. The molecule has 2 heterocycles. The zero-order valence-corrected chi connectivity index (χ0v) is 16.0. The Kier molecular flexibility index (Phi) is 5.71. The summed E-state index contributed by atoms with van der Waals surface area (Å²) in [7, 11) is 1.92. The first kappa shape index (κ1) is 18.5. The van der Waals surface area contributed by atoms with E-state index in [4.69, 9.17) is 0 Å². The van der Waals surface area contributed by atoms with Crippen LogP contribution in [0.3, 0.4) is 0 Å². The number of carbonyl (C=O) groups excluding carboxylic acids is 1. The Bertz CT molecular complexity index is 687. The molecule has 2 rings (SSSR count). The molecule has 8 heteroatoms. The number of aromatic amines is 1. The molecule has 0 unspecified atom stereocenters. The molecule has 0 aromatic carbocycles. The lowest BCUT2D eigenvalue weighted by molar-refractivity contribution is -0.120. The second-order valence-electron chi connectivity index (χ2n) is 6.96. The van der Waals surface area contributed by atoms with E-state index >= 15 is 0 Å². The minimum absolute atomic E-state index is 0.00510. The van der Waals surface area contributed by atoms with Gasteiger partial charge in [-0.25, -0.2) is 0 Å². The van der Waals surface area contributed by atoms with E-state index in [1.165, 1.54) is 11.3 Å². The number of likely N-dealkylation sites (N-methyl/N-ethyl adjacent to an activating group) is 1. The molecule has 0 saturated heterocycles. The number of anilines is 1. The first-order valence-corrected chi connectivity index (χ1v) is 8.90. The van der Waals surface area contributed by atoms with Gasteiger partial charge in [0.15, 0.2) is 0 Å². The normalized spacial score (nSPS) is 13.3. The summed E-state index contributed by atoms with van der Waals surface area (Å²) < 4.78 is 0. The summed E-state index contributed by atoms with van der Waals surface area (Å²) in [6, 6.07) is 1.76. The van der Waals surface area contributed by atoms with Crippen molar-refractivity contribution in [3.8, 4) is 0 Å². The van der Waals surface area contributed by atoms with Crippen molar-refractivity contribution in [2.45, 2.75) is 59.0 Å². The highest BCUT2D eigenvalue weighted by Gasteiger charge is 2.22. The van der Waals surface area contributed by atoms with Crippen molar-refractivity contribution in [1.29, 1.82) is 0 Å². The van der Waals surface area contributed by atoms with E-state index in [1.54, 1.807) is 0 Å². The quantitative estimate of drug-likeness (QED) is 0.836. The van der Waals surface area contributed by atoms with Crippen molar-refractivity contribution in [3.05, 3.63) is 22.5 Å². The van der Waals surface area contributed by atoms with Gasteiger partial charge in [-0.05, 0) is 26.5 Å². The Morgan fingerprint density at radius 2 is 2.12 bits per heavy atom. The molecule has 2 N–H and O–H groups in total. The maximum absolute atomic E-state index is 12.4. The van der Waals surface area contributed by atoms with Gasteiger partial charge in [-0.2, -0.15) is 5.10 Å². The summed E-state index contributed by atoms with van der Waals surface area (Å²) >= 11 is 1.41. The monoisotopic (exact) mass is 350 g/mol. The fraction of sp³-hybridized carbons (Fsp3) is 0.625. The lowest BCUT2D eigenvalue weighted by Gasteiger charge is -2.22. The van der Waals surface area contributed by atoms with Gasteiger partial charge in [-0.1, -0.05) is 39.0 Å². The molecule has 132 valence electrons. The Hall–Kier alpha value is -1.80. The van der Waals surface area contributed by atoms with Crippen molar-refractivity contribution < 1.29 is 4.79 Å². The van der Waals surface area contributed by atoms with Crippen LogP contribution in [0, 0.1) is 0 Å². The van der Waals surface area contributed by atoms with Gasteiger partial charge in [0.05, 0.1) is 11.7 Å². The maximum Gasteiger partial charge on any atom is 0.243 e. The van der Waals surface area contributed by atoms with Crippen LogP contribution < -0.4 is 5.32 Å². The molecule has 0 aliphatic heterocycles. The van der Waals surface area contributed by atoms with Crippen LogP contribution in [0.1, 0.15) is 51.0 Å². The highest BCUT2D eigenvalue weighted by Crippen LogP contribution is 2.21. The molecule has 1 amide bonds. The lowest BCUT2D eigenvalue weighted by atomic mass is 9.92. The number of H-pyrrole nitrogens is 1. The fourth-order valence-electron chi connectivity index (χ4n) is 2.09. The summed E-state index contributed by atoms with van der Waals surface area (Å²) in [6.07, 6.45) is 0.818. The summed E-state index contributed by atoms with van der Waals surface area (Å²) in [6.45, 7) is 10.9. The number of aryl methyl sites for hydroxylation is 1. The van der Waals surface area contributed by atoms with Gasteiger partial charge in [-0.15, -0.1) is 10.2 Å². The Morgan fingerprint density at radius 3 is 2.67 bits per heavy atom. The molecule has 0 fully saturated rings. The predicted molar refractivity (Wildman–Crippen MR) is 96.1 cm³/mol. The SMILES string of the molecule is CCc1nnc(NC(=O)[C@@H](C)N(C)Cc2cc(C(C)(C)C)n[nH]2)s1. The van der Waals surface area contributed by atoms with Crippen LogP contribution in [0.25, 0.3) is 0 Å². The molecule has 0 spiro atoms. The van der Waals surface area contributed by atoms with Crippen LogP contribution in [-0.4, -0.2) is 44.3 Å². The van der Waals surface area contributed by atoms with Crippen LogP contribution >= 0.6 is 11.3 Å². The van der Waals surface area contributed by atoms with Crippen molar-refractivity contribution in [2.75, 3.05) is 12.4 Å². The van der Waals surface area contributed by atoms with E-state index in [2.05, 4.69) is 52.5 Å². The van der Waals surface area contributed by atoms with Gasteiger partial charge < -0.3 is 0 Å². The van der Waals surface area contributed by atoms with Gasteiger partial charge >= 0.3 is 0 Å². The third kappa shape index (κ3) is 4.61. The molecular weight excluding hydrogens is 324 g/mol. The molecule has 7 nitrogen and oxygen atoms in total. The van der Waals surface area contributed by atoms with Gasteiger partial charge in [0.1, 0.15) is 5.01 Å². The summed E-state index contributed by atoms with van der Waals surface area (Å²) in [5.74, 6) is -0.0909. The Morgan fingerprint density at radius 1 is 1.42 bits per heavy atom. The first-order chi connectivity index (χ1) is 11.2. The van der Waals surface area contributed by atoms with Crippen molar-refractivity contribution in [1.82, 2.24) is 25.3 Å². The summed E-state index contributed by atoms with van der Waals surface area (Å²) in [4.78, 5) is 14.3. The standard InChI is InChI=1S/C16H26N6OS/c1-7-13-20-21-15(24-13)17-14(23)10(2)22(6)9-11-8-12(19-18-11)16(3,4)5/h8,10H,7,9H2,1-6H3,(H,18,19)(H,17,21,23)/t10-/m1/s1. The van der Waals surface area contributed by atoms with Gasteiger partial charge in [0, 0.05) is 17.7 Å². The molecule has 0 bridgehead atoms. The van der Waals surface area contributed by atoms with Gasteiger partial charge in [0.25, 0.3) is 0 Å². The minimum atomic E-state index is -0.291. The lowest BCUT2D eigenvalue weighted by Crippen LogP contribution is -2.39. The van der Waals surface area contributed by atoms with E-state index in [1.807, 2.05) is 25.8 Å². The average Bonchev–Trinajstić information content (AvgIpc) is 3.14. The predicted octanol–water partition coefficient (Wildman–Crippen LogP) is 2.58. The number of nitrogens with zero attached hydrogens (tertiary/aromatic N) is 4. The molecule has 0 saturated carbocycles. The van der Waals surface area contributed by atoms with E-state index in [-0.39, 0.29) is 17.4 Å². The highest BCUT2D eigenvalue weighted by molar-refractivity contribution is 7.15. The molecule has 2 aromatic heterocycles. The third-order valence-corrected chi connectivity index (χ3v) is 4.84. The second-order valence-corrected chi connectivity index (χ2v) is 8.03. The molecule has 0 aliphatic rings. The van der Waals surface area contributed by atoms with E-state index in [9.17, 15) is 4.79 Å². The molecule has 0 aliphatic carbocycles. The number of rotatable bonds is 6. The van der Waals surface area contributed by atoms with Crippen LogP contribution in [0.2, 0.25) is 0 Å². The van der Waals surface area contributed by atoms with Crippen LogP contribution in [0.15, 0.2) is 6.07 Å². The van der Waals surface area contributed by atoms with Crippen molar-refractivity contribution >= 4 is 22.4 Å². The zero-order valence-electron chi connectivity index (χ0n) is 15.2. The second kappa shape index (κ2) is 7.40. The summed E-state index contributed by atoms with van der Waals surface area (Å²) in [5.41, 5.74) is 2.01. The molecular formula is C16H26N6OS. The van der Waals surface area contributed by atoms with E-state index < -0.39 is 0 Å². The largest absolute Gasteiger partial charge is 0.299 e. The number of hydrogen-bond acceptors (Lipinski definition) is 6. The number of hydrogen-bond donors (Lipinski definition) is 2. The van der Waals surface area contributed by atoms with Crippen molar-refractivity contribution in [3.63, 3.8) is 0 Å². The number of nitrogens with one attached hydrogen (secondary N) is 2. The average molecular weight is 350 g/mol. The topological polar surface area (TPSA) is 86.8 Å². The Labute approximate surface area is 146 Å². The molecule has 24 heavy (non-hydrogen) atoms.